The number of carbonyl (C=O) groups is 2. The van der Waals surface area contributed by atoms with Crippen LogP contribution in [0.25, 0.3) is 0 Å². The number of piperazine rings is 1. The van der Waals surface area contributed by atoms with Crippen LogP contribution in [0.15, 0.2) is 42.5 Å². The lowest BCUT2D eigenvalue weighted by Crippen LogP contribution is -2.58. The number of amides is 1. The molecule has 0 radical (unpaired) electrons. The fraction of sp³-hybridized carbons (Fsp3) is 0.440. The number of methoxy groups -OCH3 is 2. The lowest BCUT2D eigenvalue weighted by molar-refractivity contribution is -0.139. The van der Waals surface area contributed by atoms with Crippen molar-refractivity contribution >= 4 is 17.7 Å². The Labute approximate surface area is 199 Å². The molecule has 0 spiro atoms. The van der Waals surface area contributed by atoms with Gasteiger partial charge in [-0.25, -0.2) is 9.59 Å². The molecule has 184 valence electrons. The zero-order valence-corrected chi connectivity index (χ0v) is 20.2. The first-order chi connectivity index (χ1) is 16.1. The van der Waals surface area contributed by atoms with E-state index in [1.165, 1.54) is 4.90 Å². The number of carbonyl (C=O) groups excluding carboxylic acids is 1. The minimum absolute atomic E-state index is 0.00562. The molecule has 1 fully saturated rings. The maximum Gasteiger partial charge on any atom is 0.410 e. The highest BCUT2D eigenvalue weighted by Crippen LogP contribution is 2.33. The molecule has 3 rings (SSSR count). The van der Waals surface area contributed by atoms with Crippen LogP contribution in [0.4, 0.5) is 10.5 Å². The maximum atomic E-state index is 12.5. The van der Waals surface area contributed by atoms with Gasteiger partial charge in [-0.1, -0.05) is 12.1 Å². The number of para-hydroxylation sites is 2. The van der Waals surface area contributed by atoms with Gasteiger partial charge in [-0.3, -0.25) is 0 Å². The smallest absolute Gasteiger partial charge is 0.410 e. The predicted octanol–water partition coefficient (Wildman–Crippen LogP) is 3.79. The lowest BCUT2D eigenvalue weighted by atomic mass is 10.1. The summed E-state index contributed by atoms with van der Waals surface area (Å²) in [5.74, 6) is 0.813. The molecule has 2 aromatic carbocycles. The molecule has 1 aliphatic heterocycles. The number of anilines is 1. The van der Waals surface area contributed by atoms with E-state index in [1.807, 2.05) is 30.3 Å². The quantitative estimate of drug-likeness (QED) is 0.650. The SMILES string of the molecule is COc1cc(COc2ccccc2N2CCN(C(=O)OC(C)(C)C)CC2C(=O)O)cc(OC)c1. The van der Waals surface area contributed by atoms with Gasteiger partial charge in [0.2, 0.25) is 0 Å². The van der Waals surface area contributed by atoms with Gasteiger partial charge in [0, 0.05) is 19.2 Å². The third-order valence-corrected chi connectivity index (χ3v) is 5.30. The van der Waals surface area contributed by atoms with Crippen LogP contribution in [0.3, 0.4) is 0 Å². The summed E-state index contributed by atoms with van der Waals surface area (Å²) in [6.07, 6.45) is -0.519. The number of carboxylic acids is 1. The number of hydrogen-bond donors (Lipinski definition) is 1. The van der Waals surface area contributed by atoms with Gasteiger partial charge in [0.25, 0.3) is 0 Å². The minimum atomic E-state index is -1.03. The summed E-state index contributed by atoms with van der Waals surface area (Å²) in [6.45, 7) is 6.24. The molecule has 9 heteroatoms. The number of ether oxygens (including phenoxy) is 4. The molecule has 1 heterocycles. The van der Waals surface area contributed by atoms with E-state index in [0.29, 0.717) is 36.0 Å². The van der Waals surface area contributed by atoms with Crippen molar-refractivity contribution in [2.24, 2.45) is 0 Å². The zero-order valence-electron chi connectivity index (χ0n) is 20.2. The van der Waals surface area contributed by atoms with E-state index < -0.39 is 23.7 Å². The third kappa shape index (κ3) is 6.24. The van der Waals surface area contributed by atoms with Gasteiger partial charge in [0.05, 0.1) is 26.5 Å². The molecule has 0 aliphatic carbocycles. The number of benzene rings is 2. The van der Waals surface area contributed by atoms with Crippen molar-refractivity contribution in [3.63, 3.8) is 0 Å². The average molecular weight is 473 g/mol. The predicted molar refractivity (Wildman–Crippen MR) is 127 cm³/mol. The molecule has 1 amide bonds. The Morgan fingerprint density at radius 1 is 1.03 bits per heavy atom. The fourth-order valence-corrected chi connectivity index (χ4v) is 3.70. The van der Waals surface area contributed by atoms with E-state index in [2.05, 4.69) is 0 Å². The van der Waals surface area contributed by atoms with E-state index in [0.717, 1.165) is 5.56 Å². The number of hydrogen-bond acceptors (Lipinski definition) is 7. The van der Waals surface area contributed by atoms with Gasteiger partial charge < -0.3 is 33.9 Å². The normalized spacial score (nSPS) is 16.1. The highest BCUT2D eigenvalue weighted by Gasteiger charge is 2.37. The Morgan fingerprint density at radius 2 is 1.68 bits per heavy atom. The summed E-state index contributed by atoms with van der Waals surface area (Å²) in [5.41, 5.74) is 0.833. The van der Waals surface area contributed by atoms with Crippen molar-refractivity contribution in [2.75, 3.05) is 38.8 Å². The van der Waals surface area contributed by atoms with Crippen molar-refractivity contribution in [3.8, 4) is 17.2 Å². The second kappa shape index (κ2) is 10.5. The number of rotatable bonds is 7. The van der Waals surface area contributed by atoms with E-state index in [9.17, 15) is 14.7 Å². The summed E-state index contributed by atoms with van der Waals surface area (Å²) in [6, 6.07) is 11.8. The van der Waals surface area contributed by atoms with Gasteiger partial charge >= 0.3 is 12.1 Å². The molecular formula is C25H32N2O7. The molecule has 2 aromatic rings. The van der Waals surface area contributed by atoms with E-state index >= 15 is 0 Å². The molecule has 0 bridgehead atoms. The molecular weight excluding hydrogens is 440 g/mol. The van der Waals surface area contributed by atoms with Gasteiger partial charge in [-0.15, -0.1) is 0 Å². The summed E-state index contributed by atoms with van der Waals surface area (Å²) in [5, 5.41) is 9.93. The van der Waals surface area contributed by atoms with Crippen LogP contribution in [0.5, 0.6) is 17.2 Å². The van der Waals surface area contributed by atoms with Crippen LogP contribution >= 0.6 is 0 Å². The van der Waals surface area contributed by atoms with Crippen molar-refractivity contribution in [1.82, 2.24) is 4.90 Å². The van der Waals surface area contributed by atoms with Crippen molar-refractivity contribution < 1.29 is 33.6 Å². The first kappa shape index (κ1) is 25.0. The van der Waals surface area contributed by atoms with Crippen LogP contribution in [0.2, 0.25) is 0 Å². The monoisotopic (exact) mass is 472 g/mol. The van der Waals surface area contributed by atoms with Crippen LogP contribution < -0.4 is 19.1 Å². The van der Waals surface area contributed by atoms with Crippen LogP contribution in [-0.4, -0.2) is 67.6 Å². The van der Waals surface area contributed by atoms with Crippen LogP contribution in [-0.2, 0) is 16.1 Å². The second-order valence-corrected chi connectivity index (χ2v) is 8.95. The molecule has 1 N–H and O–H groups in total. The number of nitrogens with zero attached hydrogens (tertiary/aromatic N) is 2. The molecule has 34 heavy (non-hydrogen) atoms. The van der Waals surface area contributed by atoms with Crippen LogP contribution in [0, 0.1) is 0 Å². The first-order valence-corrected chi connectivity index (χ1v) is 11.0. The fourth-order valence-electron chi connectivity index (χ4n) is 3.70. The molecule has 1 unspecified atom stereocenters. The van der Waals surface area contributed by atoms with Gasteiger partial charge in [-0.05, 0) is 50.6 Å². The van der Waals surface area contributed by atoms with Gasteiger partial charge in [-0.2, -0.15) is 0 Å². The van der Waals surface area contributed by atoms with E-state index in [1.54, 1.807) is 52.0 Å². The van der Waals surface area contributed by atoms with Gasteiger partial charge in [0.1, 0.15) is 35.5 Å². The lowest BCUT2D eigenvalue weighted by Gasteiger charge is -2.41. The molecule has 0 saturated carbocycles. The topological polar surface area (TPSA) is 97.8 Å². The van der Waals surface area contributed by atoms with Gasteiger partial charge in [0.15, 0.2) is 0 Å². The molecule has 0 aromatic heterocycles. The molecule has 9 nitrogen and oxygen atoms in total. The van der Waals surface area contributed by atoms with Crippen LogP contribution in [0.1, 0.15) is 26.3 Å². The Morgan fingerprint density at radius 3 is 2.26 bits per heavy atom. The standard InChI is InChI=1S/C25H32N2O7/c1-25(2,3)34-24(30)26-10-11-27(21(15-26)23(28)29)20-8-6-7-9-22(20)33-16-17-12-18(31-4)14-19(13-17)32-5/h6-9,12-14,21H,10-11,15-16H2,1-5H3,(H,28,29). The maximum absolute atomic E-state index is 12.5. The third-order valence-electron chi connectivity index (χ3n) is 5.30. The number of aliphatic carboxylic acids is 1. The van der Waals surface area contributed by atoms with Crippen molar-refractivity contribution in [3.05, 3.63) is 48.0 Å². The van der Waals surface area contributed by atoms with E-state index in [-0.39, 0.29) is 13.2 Å². The van der Waals surface area contributed by atoms with E-state index in [4.69, 9.17) is 18.9 Å². The average Bonchev–Trinajstić information content (AvgIpc) is 2.81. The Hall–Kier alpha value is -3.62. The Balaban J connectivity index is 1.79. The largest absolute Gasteiger partial charge is 0.497 e. The first-order valence-electron chi connectivity index (χ1n) is 11.0. The zero-order chi connectivity index (χ0) is 24.9. The molecule has 1 atom stereocenters. The summed E-state index contributed by atoms with van der Waals surface area (Å²) >= 11 is 0. The Kier molecular flexibility index (Phi) is 7.75. The Bertz CT molecular complexity index is 996. The highest BCUT2D eigenvalue weighted by atomic mass is 16.6. The molecule has 1 aliphatic rings. The highest BCUT2D eigenvalue weighted by molar-refractivity contribution is 5.81. The minimum Gasteiger partial charge on any atom is -0.497 e. The van der Waals surface area contributed by atoms with Crippen molar-refractivity contribution in [1.29, 1.82) is 0 Å². The second-order valence-electron chi connectivity index (χ2n) is 8.95. The summed E-state index contributed by atoms with van der Waals surface area (Å²) in [7, 11) is 3.16. The summed E-state index contributed by atoms with van der Waals surface area (Å²) in [4.78, 5) is 27.8. The number of carboxylic acid groups (broad SMARTS) is 1. The molecule has 1 saturated heterocycles. The van der Waals surface area contributed by atoms with Crippen molar-refractivity contribution in [2.45, 2.75) is 39.0 Å². The summed E-state index contributed by atoms with van der Waals surface area (Å²) < 4.78 is 22.2.